The van der Waals surface area contributed by atoms with Crippen LogP contribution in [0.1, 0.15) is 35.6 Å². The number of rotatable bonds is 6. The van der Waals surface area contributed by atoms with Crippen LogP contribution < -0.4 is 0 Å². The van der Waals surface area contributed by atoms with Crippen LogP contribution in [0.15, 0.2) is 48.5 Å². The van der Waals surface area contributed by atoms with Crippen LogP contribution >= 0.6 is 0 Å². The summed E-state index contributed by atoms with van der Waals surface area (Å²) in [5.41, 5.74) is 3.69. The molecular formula is C18H20O3. The summed E-state index contributed by atoms with van der Waals surface area (Å²) in [5.74, 6) is 0.154. The normalized spacial score (nSPS) is 10.9. The highest BCUT2D eigenvalue weighted by Gasteiger charge is 2.12. The van der Waals surface area contributed by atoms with Gasteiger partial charge < -0.3 is 9.47 Å². The van der Waals surface area contributed by atoms with Gasteiger partial charge in [-0.3, -0.25) is 4.79 Å². The number of hydrogen-bond acceptors (Lipinski definition) is 3. The van der Waals surface area contributed by atoms with E-state index in [1.54, 1.807) is 14.2 Å². The molecule has 0 fully saturated rings. The van der Waals surface area contributed by atoms with Crippen LogP contribution in [0.2, 0.25) is 0 Å². The summed E-state index contributed by atoms with van der Waals surface area (Å²) in [6.07, 6.45) is 0.136. The number of carbonyl (C=O) groups excluding carboxylic acids is 1. The summed E-state index contributed by atoms with van der Waals surface area (Å²) in [4.78, 5) is 12.0. The van der Waals surface area contributed by atoms with Crippen LogP contribution in [0.5, 0.6) is 0 Å². The van der Waals surface area contributed by atoms with Gasteiger partial charge in [-0.25, -0.2) is 0 Å². The summed E-state index contributed by atoms with van der Waals surface area (Å²) >= 11 is 0. The third kappa shape index (κ3) is 3.38. The number of ketones is 1. The lowest BCUT2D eigenvalue weighted by Crippen LogP contribution is -2.03. The highest BCUT2D eigenvalue weighted by atomic mass is 16.7. The van der Waals surface area contributed by atoms with Gasteiger partial charge in [-0.1, -0.05) is 55.5 Å². The Kier molecular flexibility index (Phi) is 5.26. The molecule has 0 aliphatic rings. The van der Waals surface area contributed by atoms with Gasteiger partial charge in [0.05, 0.1) is 0 Å². The highest BCUT2D eigenvalue weighted by Crippen LogP contribution is 2.27. The molecule has 0 bridgehead atoms. The van der Waals surface area contributed by atoms with Gasteiger partial charge in [-0.05, 0) is 11.1 Å². The minimum Gasteiger partial charge on any atom is -0.352 e. The van der Waals surface area contributed by atoms with Crippen molar-refractivity contribution in [3.8, 4) is 11.1 Å². The molecule has 21 heavy (non-hydrogen) atoms. The molecule has 0 amide bonds. The van der Waals surface area contributed by atoms with Crippen molar-refractivity contribution in [1.82, 2.24) is 0 Å². The number of benzene rings is 2. The maximum atomic E-state index is 12.0. The van der Waals surface area contributed by atoms with E-state index in [0.717, 1.165) is 22.3 Å². The second-order valence-corrected chi connectivity index (χ2v) is 4.75. The molecule has 0 radical (unpaired) electrons. The van der Waals surface area contributed by atoms with Gasteiger partial charge in [0.1, 0.15) is 0 Å². The maximum Gasteiger partial charge on any atom is 0.183 e. The van der Waals surface area contributed by atoms with E-state index in [-0.39, 0.29) is 12.1 Å². The summed E-state index contributed by atoms with van der Waals surface area (Å²) < 4.78 is 10.5. The summed E-state index contributed by atoms with van der Waals surface area (Å²) in [6, 6.07) is 15.6. The van der Waals surface area contributed by atoms with Crippen LogP contribution in [-0.4, -0.2) is 20.0 Å². The molecule has 0 spiro atoms. The number of hydrogen-bond donors (Lipinski definition) is 0. The molecule has 0 aliphatic heterocycles. The van der Waals surface area contributed by atoms with Crippen LogP contribution in [0.4, 0.5) is 0 Å². The number of carbonyl (C=O) groups is 1. The molecule has 0 saturated heterocycles. The van der Waals surface area contributed by atoms with E-state index in [1.165, 1.54) is 0 Å². The van der Waals surface area contributed by atoms with Crippen molar-refractivity contribution in [2.75, 3.05) is 14.2 Å². The third-order valence-corrected chi connectivity index (χ3v) is 3.47. The second-order valence-electron chi connectivity index (χ2n) is 4.75. The first-order valence-electron chi connectivity index (χ1n) is 6.99. The molecule has 110 valence electrons. The molecule has 3 heteroatoms. The molecule has 0 heterocycles. The number of methoxy groups -OCH3 is 2. The van der Waals surface area contributed by atoms with Gasteiger partial charge in [-0.15, -0.1) is 0 Å². The van der Waals surface area contributed by atoms with Gasteiger partial charge in [0.2, 0.25) is 0 Å². The third-order valence-electron chi connectivity index (χ3n) is 3.47. The Labute approximate surface area is 125 Å². The second kappa shape index (κ2) is 7.16. The minimum atomic E-state index is -0.369. The lowest BCUT2D eigenvalue weighted by Gasteiger charge is -2.14. The molecule has 0 unspecified atom stereocenters. The Bertz CT molecular complexity index is 598. The van der Waals surface area contributed by atoms with Gasteiger partial charge >= 0.3 is 0 Å². The summed E-state index contributed by atoms with van der Waals surface area (Å²) in [7, 11) is 3.22. The van der Waals surface area contributed by atoms with Crippen molar-refractivity contribution in [3.63, 3.8) is 0 Å². The molecule has 0 saturated carbocycles. The first kappa shape index (κ1) is 15.4. The molecule has 3 nitrogen and oxygen atoms in total. The largest absolute Gasteiger partial charge is 0.352 e. The first-order chi connectivity index (χ1) is 10.2. The molecule has 2 aromatic rings. The first-order valence-corrected chi connectivity index (χ1v) is 6.99. The topological polar surface area (TPSA) is 35.5 Å². The van der Waals surface area contributed by atoms with E-state index in [9.17, 15) is 4.79 Å². The highest BCUT2D eigenvalue weighted by molar-refractivity contribution is 6.02. The Hall–Kier alpha value is -1.97. The summed E-state index contributed by atoms with van der Waals surface area (Å²) in [5, 5.41) is 0. The minimum absolute atomic E-state index is 0.154. The van der Waals surface area contributed by atoms with E-state index in [0.29, 0.717) is 6.42 Å². The van der Waals surface area contributed by atoms with Crippen LogP contribution in [0.3, 0.4) is 0 Å². The predicted octanol–water partition coefficient (Wildman–Crippen LogP) is 4.24. The maximum absolute atomic E-state index is 12.0. The number of ether oxygens (including phenoxy) is 2. The van der Waals surface area contributed by atoms with E-state index in [2.05, 4.69) is 0 Å². The van der Waals surface area contributed by atoms with Crippen LogP contribution in [0.25, 0.3) is 11.1 Å². The van der Waals surface area contributed by atoms with Crippen molar-refractivity contribution < 1.29 is 14.3 Å². The average molecular weight is 284 g/mol. The Balaban J connectivity index is 2.37. The predicted molar refractivity (Wildman–Crippen MR) is 83.3 cm³/mol. The molecular weight excluding hydrogens is 264 g/mol. The van der Waals surface area contributed by atoms with Gasteiger partial charge in [-0.2, -0.15) is 0 Å². The Morgan fingerprint density at radius 3 is 2.19 bits per heavy atom. The van der Waals surface area contributed by atoms with E-state index in [4.69, 9.17) is 9.47 Å². The molecule has 0 aromatic heterocycles. The SMILES string of the molecule is CCC(=O)c1ccccc1-c1ccc(C(OC)OC)cc1. The van der Waals surface area contributed by atoms with Crippen molar-refractivity contribution >= 4 is 5.78 Å². The van der Waals surface area contributed by atoms with Crippen molar-refractivity contribution in [1.29, 1.82) is 0 Å². The van der Waals surface area contributed by atoms with Gasteiger partial charge in [0.25, 0.3) is 0 Å². The average Bonchev–Trinajstić information content (AvgIpc) is 2.56. The molecule has 0 aliphatic carbocycles. The quantitative estimate of drug-likeness (QED) is 0.588. The summed E-state index contributed by atoms with van der Waals surface area (Å²) in [6.45, 7) is 1.88. The Morgan fingerprint density at radius 1 is 1.00 bits per heavy atom. The zero-order chi connectivity index (χ0) is 15.2. The molecule has 2 aromatic carbocycles. The fraction of sp³-hybridized carbons (Fsp3) is 0.278. The standard InChI is InChI=1S/C18H20O3/c1-4-17(19)16-8-6-5-7-15(16)13-9-11-14(12-10-13)18(20-2)21-3/h5-12,18H,4H2,1-3H3. The smallest absolute Gasteiger partial charge is 0.183 e. The lowest BCUT2D eigenvalue weighted by atomic mass is 9.95. The number of Topliss-reactive ketones (excluding diaryl/α,β-unsaturated/α-hetero) is 1. The van der Waals surface area contributed by atoms with E-state index in [1.807, 2.05) is 55.5 Å². The van der Waals surface area contributed by atoms with Crippen molar-refractivity contribution in [2.24, 2.45) is 0 Å². The fourth-order valence-corrected chi connectivity index (χ4v) is 2.36. The monoisotopic (exact) mass is 284 g/mol. The van der Waals surface area contributed by atoms with Gasteiger partial charge in [0, 0.05) is 31.8 Å². The molecule has 0 N–H and O–H groups in total. The zero-order valence-corrected chi connectivity index (χ0v) is 12.6. The van der Waals surface area contributed by atoms with E-state index < -0.39 is 0 Å². The van der Waals surface area contributed by atoms with E-state index >= 15 is 0 Å². The van der Waals surface area contributed by atoms with Gasteiger partial charge in [0.15, 0.2) is 12.1 Å². The van der Waals surface area contributed by atoms with Crippen LogP contribution in [-0.2, 0) is 9.47 Å². The fourth-order valence-electron chi connectivity index (χ4n) is 2.36. The zero-order valence-electron chi connectivity index (χ0n) is 12.6. The Morgan fingerprint density at radius 2 is 1.62 bits per heavy atom. The van der Waals surface area contributed by atoms with Crippen molar-refractivity contribution in [2.45, 2.75) is 19.6 Å². The molecule has 0 atom stereocenters. The van der Waals surface area contributed by atoms with Crippen LogP contribution in [0, 0.1) is 0 Å². The molecule has 2 rings (SSSR count). The van der Waals surface area contributed by atoms with Crippen molar-refractivity contribution in [3.05, 3.63) is 59.7 Å². The lowest BCUT2D eigenvalue weighted by molar-refractivity contribution is -0.106.